The predicted molar refractivity (Wildman–Crippen MR) is 95.0 cm³/mol. The summed E-state index contributed by atoms with van der Waals surface area (Å²) in [5.41, 5.74) is 3.80. The maximum Gasteiger partial charge on any atom is 0.186 e. The molecule has 2 heterocycles. The molecule has 2 aliphatic heterocycles. The molecule has 0 atom stereocenters. The third-order valence-electron chi connectivity index (χ3n) is 4.77. The van der Waals surface area contributed by atoms with Gasteiger partial charge in [0.2, 0.25) is 0 Å². The highest BCUT2D eigenvalue weighted by Crippen LogP contribution is 2.32. The highest BCUT2D eigenvalue weighted by molar-refractivity contribution is 5.54. The number of anilines is 1. The van der Waals surface area contributed by atoms with E-state index in [4.69, 9.17) is 9.47 Å². The summed E-state index contributed by atoms with van der Waals surface area (Å²) in [4.78, 5) is 4.99. The quantitative estimate of drug-likeness (QED) is 0.863. The standard InChI is InChI=1S/C20H24N2O2/c1-2-6-17(7-3-1)16-21-10-12-22(13-11-21)19-9-5-4-8-18(19)20-23-14-15-24-20/h1-9,20H,10-16H2. The van der Waals surface area contributed by atoms with Crippen LogP contribution in [0.3, 0.4) is 0 Å². The van der Waals surface area contributed by atoms with Gasteiger partial charge in [-0.05, 0) is 11.6 Å². The van der Waals surface area contributed by atoms with Gasteiger partial charge in [-0.2, -0.15) is 0 Å². The second-order valence-electron chi connectivity index (χ2n) is 6.38. The zero-order chi connectivity index (χ0) is 16.2. The van der Waals surface area contributed by atoms with E-state index in [1.54, 1.807) is 0 Å². The molecule has 0 aromatic heterocycles. The Kier molecular flexibility index (Phi) is 4.78. The number of benzene rings is 2. The van der Waals surface area contributed by atoms with E-state index in [2.05, 4.69) is 64.4 Å². The van der Waals surface area contributed by atoms with Crippen molar-refractivity contribution in [1.82, 2.24) is 4.90 Å². The van der Waals surface area contributed by atoms with Crippen molar-refractivity contribution in [3.05, 3.63) is 65.7 Å². The average molecular weight is 324 g/mol. The Morgan fingerprint density at radius 2 is 1.46 bits per heavy atom. The average Bonchev–Trinajstić information content (AvgIpc) is 3.18. The first-order valence-electron chi connectivity index (χ1n) is 8.73. The van der Waals surface area contributed by atoms with Crippen molar-refractivity contribution in [1.29, 1.82) is 0 Å². The van der Waals surface area contributed by atoms with Crippen LogP contribution < -0.4 is 4.90 Å². The van der Waals surface area contributed by atoms with Gasteiger partial charge in [0, 0.05) is 44.0 Å². The lowest BCUT2D eigenvalue weighted by atomic mass is 10.1. The number of hydrogen-bond donors (Lipinski definition) is 0. The van der Waals surface area contributed by atoms with E-state index in [1.807, 2.05) is 0 Å². The van der Waals surface area contributed by atoms with E-state index in [-0.39, 0.29) is 6.29 Å². The second-order valence-corrected chi connectivity index (χ2v) is 6.38. The molecule has 0 spiro atoms. The highest BCUT2D eigenvalue weighted by atomic mass is 16.7. The fourth-order valence-electron chi connectivity index (χ4n) is 3.50. The van der Waals surface area contributed by atoms with Crippen LogP contribution in [0.5, 0.6) is 0 Å². The lowest BCUT2D eigenvalue weighted by Gasteiger charge is -2.37. The van der Waals surface area contributed by atoms with E-state index in [0.29, 0.717) is 13.2 Å². The SMILES string of the molecule is c1ccc(CN2CCN(c3ccccc3C3OCCO3)CC2)cc1. The summed E-state index contributed by atoms with van der Waals surface area (Å²) in [6.45, 7) is 6.64. The zero-order valence-electron chi connectivity index (χ0n) is 13.9. The first kappa shape index (κ1) is 15.6. The van der Waals surface area contributed by atoms with Crippen LogP contribution in [0.4, 0.5) is 5.69 Å². The minimum Gasteiger partial charge on any atom is -0.369 e. The molecule has 2 saturated heterocycles. The summed E-state index contributed by atoms with van der Waals surface area (Å²) in [6, 6.07) is 19.2. The van der Waals surface area contributed by atoms with Gasteiger partial charge in [0.15, 0.2) is 6.29 Å². The molecular weight excluding hydrogens is 300 g/mol. The zero-order valence-corrected chi connectivity index (χ0v) is 13.9. The third kappa shape index (κ3) is 3.46. The van der Waals surface area contributed by atoms with Crippen molar-refractivity contribution in [3.8, 4) is 0 Å². The van der Waals surface area contributed by atoms with E-state index in [9.17, 15) is 0 Å². The lowest BCUT2D eigenvalue weighted by Crippen LogP contribution is -2.46. The Labute approximate surface area is 143 Å². The summed E-state index contributed by atoms with van der Waals surface area (Å²) < 4.78 is 11.4. The predicted octanol–water partition coefficient (Wildman–Crippen LogP) is 3.05. The number of piperazine rings is 1. The molecule has 0 amide bonds. The molecule has 4 heteroatoms. The molecular formula is C20H24N2O2. The Morgan fingerprint density at radius 1 is 0.792 bits per heavy atom. The molecule has 4 rings (SSSR count). The molecule has 2 aliphatic rings. The van der Waals surface area contributed by atoms with Gasteiger partial charge < -0.3 is 14.4 Å². The van der Waals surface area contributed by atoms with Crippen LogP contribution in [0, 0.1) is 0 Å². The second kappa shape index (κ2) is 7.34. The molecule has 2 fully saturated rings. The normalized spacial score (nSPS) is 19.8. The summed E-state index contributed by atoms with van der Waals surface area (Å²) >= 11 is 0. The number of rotatable bonds is 4. The molecule has 2 aromatic carbocycles. The summed E-state index contributed by atoms with van der Waals surface area (Å²) in [6.07, 6.45) is -0.205. The number of nitrogens with zero attached hydrogens (tertiary/aromatic N) is 2. The largest absolute Gasteiger partial charge is 0.369 e. The van der Waals surface area contributed by atoms with Crippen molar-refractivity contribution < 1.29 is 9.47 Å². The summed E-state index contributed by atoms with van der Waals surface area (Å²) in [7, 11) is 0. The summed E-state index contributed by atoms with van der Waals surface area (Å²) in [5.74, 6) is 0. The number of ether oxygens (including phenoxy) is 2. The third-order valence-corrected chi connectivity index (χ3v) is 4.77. The molecule has 4 nitrogen and oxygen atoms in total. The van der Waals surface area contributed by atoms with Crippen LogP contribution in [-0.2, 0) is 16.0 Å². The van der Waals surface area contributed by atoms with Gasteiger partial charge in [-0.15, -0.1) is 0 Å². The molecule has 0 bridgehead atoms. The highest BCUT2D eigenvalue weighted by Gasteiger charge is 2.25. The molecule has 0 radical (unpaired) electrons. The van der Waals surface area contributed by atoms with Crippen molar-refractivity contribution in [2.75, 3.05) is 44.3 Å². The van der Waals surface area contributed by atoms with E-state index in [1.165, 1.54) is 11.3 Å². The van der Waals surface area contributed by atoms with E-state index >= 15 is 0 Å². The molecule has 0 N–H and O–H groups in total. The van der Waals surface area contributed by atoms with Crippen LogP contribution in [0.2, 0.25) is 0 Å². The molecule has 0 aliphatic carbocycles. The fourth-order valence-corrected chi connectivity index (χ4v) is 3.50. The van der Waals surface area contributed by atoms with Gasteiger partial charge in [0.1, 0.15) is 0 Å². The van der Waals surface area contributed by atoms with Crippen LogP contribution in [0.15, 0.2) is 54.6 Å². The first-order valence-corrected chi connectivity index (χ1v) is 8.73. The van der Waals surface area contributed by atoms with Crippen LogP contribution in [0.25, 0.3) is 0 Å². The number of para-hydroxylation sites is 1. The Balaban J connectivity index is 1.41. The van der Waals surface area contributed by atoms with Crippen LogP contribution in [0.1, 0.15) is 17.4 Å². The van der Waals surface area contributed by atoms with Crippen molar-refractivity contribution >= 4 is 5.69 Å². The first-order chi connectivity index (χ1) is 11.9. The maximum absolute atomic E-state index is 5.71. The van der Waals surface area contributed by atoms with E-state index in [0.717, 1.165) is 38.3 Å². The molecule has 2 aromatic rings. The number of hydrogen-bond acceptors (Lipinski definition) is 4. The maximum atomic E-state index is 5.71. The Morgan fingerprint density at radius 3 is 2.21 bits per heavy atom. The van der Waals surface area contributed by atoms with Crippen LogP contribution >= 0.6 is 0 Å². The lowest BCUT2D eigenvalue weighted by molar-refractivity contribution is -0.0437. The molecule has 126 valence electrons. The monoisotopic (exact) mass is 324 g/mol. The van der Waals surface area contributed by atoms with Gasteiger partial charge in [-0.25, -0.2) is 0 Å². The van der Waals surface area contributed by atoms with E-state index < -0.39 is 0 Å². The van der Waals surface area contributed by atoms with Gasteiger partial charge >= 0.3 is 0 Å². The minimum absolute atomic E-state index is 0.205. The summed E-state index contributed by atoms with van der Waals surface area (Å²) in [5, 5.41) is 0. The van der Waals surface area contributed by atoms with Crippen molar-refractivity contribution in [2.24, 2.45) is 0 Å². The van der Waals surface area contributed by atoms with Gasteiger partial charge in [-0.1, -0.05) is 48.5 Å². The van der Waals surface area contributed by atoms with Gasteiger partial charge in [-0.3, -0.25) is 4.90 Å². The Bertz CT molecular complexity index is 648. The molecule has 0 saturated carbocycles. The fraction of sp³-hybridized carbons (Fsp3) is 0.400. The minimum atomic E-state index is -0.205. The molecule has 0 unspecified atom stereocenters. The van der Waals surface area contributed by atoms with Crippen LogP contribution in [-0.4, -0.2) is 44.3 Å². The topological polar surface area (TPSA) is 24.9 Å². The van der Waals surface area contributed by atoms with Gasteiger partial charge in [0.25, 0.3) is 0 Å². The molecule has 24 heavy (non-hydrogen) atoms. The smallest absolute Gasteiger partial charge is 0.186 e. The Hall–Kier alpha value is -1.88. The van der Waals surface area contributed by atoms with Crippen molar-refractivity contribution in [2.45, 2.75) is 12.8 Å². The van der Waals surface area contributed by atoms with Crippen molar-refractivity contribution in [3.63, 3.8) is 0 Å². The van der Waals surface area contributed by atoms with Gasteiger partial charge in [0.05, 0.1) is 13.2 Å².